The lowest BCUT2D eigenvalue weighted by molar-refractivity contribution is -0.142. The van der Waals surface area contributed by atoms with Crippen molar-refractivity contribution in [1.29, 1.82) is 0 Å². The fourth-order valence-electron chi connectivity index (χ4n) is 1.65. The smallest absolute Gasteiger partial charge is 0.308 e. The van der Waals surface area contributed by atoms with E-state index in [-0.39, 0.29) is 23.5 Å². The predicted octanol–water partition coefficient (Wildman–Crippen LogP) is 0.629. The second-order valence-corrected chi connectivity index (χ2v) is 6.29. The Hall–Kier alpha value is -1.84. The molecule has 0 aliphatic heterocycles. The number of benzene rings is 1. The van der Waals surface area contributed by atoms with E-state index in [9.17, 15) is 23.2 Å². The zero-order valence-corrected chi connectivity index (χ0v) is 12.4. The van der Waals surface area contributed by atoms with E-state index in [1.165, 1.54) is 38.4 Å². The number of hydrogen-bond donors (Lipinski definition) is 1. The molecule has 1 atom stereocenters. The van der Waals surface area contributed by atoms with Crippen molar-refractivity contribution in [2.45, 2.75) is 17.4 Å². The molecule has 1 aromatic carbocycles. The number of carbonyl (C=O) groups is 1. The first kappa shape index (κ1) is 17.2. The molecule has 1 N–H and O–H groups in total. The lowest BCUT2D eigenvalue weighted by atomic mass is 10.2. The first-order valence-electron chi connectivity index (χ1n) is 5.96. The van der Waals surface area contributed by atoms with E-state index in [1.54, 1.807) is 0 Å². The molecule has 0 saturated carbocycles. The van der Waals surface area contributed by atoms with Crippen LogP contribution in [0.4, 0.5) is 5.69 Å². The summed E-state index contributed by atoms with van der Waals surface area (Å²) in [5.41, 5.74) is -0.216. The van der Waals surface area contributed by atoms with Gasteiger partial charge >= 0.3 is 5.97 Å². The van der Waals surface area contributed by atoms with Crippen LogP contribution in [0.2, 0.25) is 0 Å². The highest BCUT2D eigenvalue weighted by Gasteiger charge is 2.26. The highest BCUT2D eigenvalue weighted by atomic mass is 32.2. The van der Waals surface area contributed by atoms with E-state index in [2.05, 4.69) is 9.91 Å². The Kier molecular flexibility index (Phi) is 5.94. The van der Waals surface area contributed by atoms with Gasteiger partial charge in [-0.2, -0.15) is 4.31 Å². The minimum atomic E-state index is -3.99. The Morgan fingerprint density at radius 2 is 2.05 bits per heavy atom. The average Bonchev–Trinajstić information content (AvgIpc) is 2.46. The Balaban J connectivity index is 2.92. The monoisotopic (exact) mass is 316 g/mol. The average molecular weight is 316 g/mol. The Morgan fingerprint density at radius 3 is 2.62 bits per heavy atom. The van der Waals surface area contributed by atoms with Gasteiger partial charge in [-0.25, -0.2) is 8.42 Å². The standard InChI is InChI=1S/C12H16N2O6S/c1-14(8-9(15)7-12(16)20-2)21(18,19)11-6-4-3-5-10(11)13-17/h3-6,9,15H,7-8H2,1-2H3. The number of ether oxygens (including phenoxy) is 1. The van der Waals surface area contributed by atoms with Gasteiger partial charge in [0.1, 0.15) is 10.6 Å². The van der Waals surface area contributed by atoms with Gasteiger partial charge in [0.15, 0.2) is 0 Å². The third-order valence-corrected chi connectivity index (χ3v) is 4.62. The zero-order valence-electron chi connectivity index (χ0n) is 11.6. The Labute approximate surface area is 122 Å². The van der Waals surface area contributed by atoms with Crippen LogP contribution in [0.25, 0.3) is 0 Å². The summed E-state index contributed by atoms with van der Waals surface area (Å²) >= 11 is 0. The summed E-state index contributed by atoms with van der Waals surface area (Å²) in [6.07, 6.45) is -1.54. The number of nitroso groups, excluding NO2 is 1. The van der Waals surface area contributed by atoms with Crippen molar-refractivity contribution in [3.05, 3.63) is 29.2 Å². The molecule has 1 unspecified atom stereocenters. The number of esters is 1. The maximum absolute atomic E-state index is 12.3. The van der Waals surface area contributed by atoms with E-state index in [1.807, 2.05) is 0 Å². The molecule has 0 aliphatic rings. The maximum Gasteiger partial charge on any atom is 0.308 e. The molecule has 0 amide bonds. The van der Waals surface area contributed by atoms with Crippen molar-refractivity contribution in [3.8, 4) is 0 Å². The minimum Gasteiger partial charge on any atom is -0.469 e. The fourth-order valence-corrected chi connectivity index (χ4v) is 2.98. The summed E-state index contributed by atoms with van der Waals surface area (Å²) < 4.78 is 29.8. The van der Waals surface area contributed by atoms with Crippen LogP contribution >= 0.6 is 0 Å². The van der Waals surface area contributed by atoms with Crippen molar-refractivity contribution in [3.63, 3.8) is 0 Å². The summed E-state index contributed by atoms with van der Waals surface area (Å²) in [6.45, 7) is -0.315. The van der Waals surface area contributed by atoms with Crippen molar-refractivity contribution in [2.24, 2.45) is 5.18 Å². The number of carbonyl (C=O) groups excluding carboxylic acids is 1. The Bertz CT molecular complexity index is 616. The summed E-state index contributed by atoms with van der Waals surface area (Å²) in [6, 6.07) is 5.47. The fraction of sp³-hybridized carbons (Fsp3) is 0.417. The number of likely N-dealkylation sites (N-methyl/N-ethyl adjacent to an activating group) is 1. The molecule has 0 aromatic heterocycles. The van der Waals surface area contributed by atoms with Gasteiger partial charge in [-0.05, 0) is 17.3 Å². The van der Waals surface area contributed by atoms with Crippen molar-refractivity contribution in [2.75, 3.05) is 20.7 Å². The first-order chi connectivity index (χ1) is 9.82. The van der Waals surface area contributed by atoms with Crippen LogP contribution in [0.1, 0.15) is 6.42 Å². The van der Waals surface area contributed by atoms with Gasteiger partial charge in [0, 0.05) is 13.6 Å². The molecule has 1 rings (SSSR count). The Morgan fingerprint density at radius 1 is 1.43 bits per heavy atom. The number of rotatable bonds is 7. The lowest BCUT2D eigenvalue weighted by Gasteiger charge is -2.20. The number of hydrogen-bond acceptors (Lipinski definition) is 7. The van der Waals surface area contributed by atoms with Gasteiger partial charge in [0.25, 0.3) is 0 Å². The lowest BCUT2D eigenvalue weighted by Crippen LogP contribution is -2.35. The van der Waals surface area contributed by atoms with Gasteiger partial charge in [-0.3, -0.25) is 4.79 Å². The molecule has 0 fully saturated rings. The second kappa shape index (κ2) is 7.25. The van der Waals surface area contributed by atoms with E-state index in [0.717, 1.165) is 4.31 Å². The van der Waals surface area contributed by atoms with Crippen LogP contribution in [0.15, 0.2) is 34.3 Å². The molecular formula is C12H16N2O6S. The number of nitrogens with zero attached hydrogens (tertiary/aromatic N) is 2. The van der Waals surface area contributed by atoms with Gasteiger partial charge in [0.05, 0.1) is 19.6 Å². The topological polar surface area (TPSA) is 113 Å². The quantitative estimate of drug-likeness (QED) is 0.583. The highest BCUT2D eigenvalue weighted by molar-refractivity contribution is 7.89. The van der Waals surface area contributed by atoms with Gasteiger partial charge < -0.3 is 9.84 Å². The van der Waals surface area contributed by atoms with Gasteiger partial charge in [-0.1, -0.05) is 12.1 Å². The summed E-state index contributed by atoms with van der Waals surface area (Å²) in [7, 11) is -1.59. The number of sulfonamides is 1. The van der Waals surface area contributed by atoms with Crippen LogP contribution in [0.3, 0.4) is 0 Å². The second-order valence-electron chi connectivity index (χ2n) is 4.28. The molecule has 0 radical (unpaired) electrons. The van der Waals surface area contributed by atoms with Crippen LogP contribution in [0.5, 0.6) is 0 Å². The van der Waals surface area contributed by atoms with Crippen LogP contribution in [0, 0.1) is 4.91 Å². The molecule has 0 heterocycles. The van der Waals surface area contributed by atoms with Crippen molar-refractivity contribution < 1.29 is 23.1 Å². The summed E-state index contributed by atoms with van der Waals surface area (Å²) in [4.78, 5) is 21.4. The summed E-state index contributed by atoms with van der Waals surface area (Å²) in [5.74, 6) is -0.650. The van der Waals surface area contributed by atoms with E-state index in [4.69, 9.17) is 0 Å². The SMILES string of the molecule is COC(=O)CC(O)CN(C)S(=O)(=O)c1ccccc1N=O. The van der Waals surface area contributed by atoms with E-state index < -0.39 is 22.1 Å². The van der Waals surface area contributed by atoms with Crippen LogP contribution in [-0.4, -0.2) is 50.6 Å². The molecule has 9 heteroatoms. The third-order valence-electron chi connectivity index (χ3n) is 2.75. The minimum absolute atomic E-state index is 0.216. The highest BCUT2D eigenvalue weighted by Crippen LogP contribution is 2.26. The van der Waals surface area contributed by atoms with E-state index in [0.29, 0.717) is 0 Å². The van der Waals surface area contributed by atoms with Gasteiger partial charge in [-0.15, -0.1) is 4.91 Å². The van der Waals surface area contributed by atoms with Crippen molar-refractivity contribution >= 4 is 21.7 Å². The molecule has 0 bridgehead atoms. The molecule has 0 aliphatic carbocycles. The molecule has 8 nitrogen and oxygen atoms in total. The zero-order chi connectivity index (χ0) is 16.0. The van der Waals surface area contributed by atoms with Gasteiger partial charge in [0.2, 0.25) is 10.0 Å². The molecular weight excluding hydrogens is 300 g/mol. The summed E-state index contributed by atoms with van der Waals surface area (Å²) in [5, 5.41) is 12.3. The first-order valence-corrected chi connectivity index (χ1v) is 7.40. The number of methoxy groups -OCH3 is 1. The molecule has 21 heavy (non-hydrogen) atoms. The van der Waals surface area contributed by atoms with E-state index >= 15 is 0 Å². The predicted molar refractivity (Wildman–Crippen MR) is 74.4 cm³/mol. The third kappa shape index (κ3) is 4.31. The molecule has 116 valence electrons. The normalized spacial score (nSPS) is 13.0. The van der Waals surface area contributed by atoms with Crippen LogP contribution in [-0.2, 0) is 19.6 Å². The maximum atomic E-state index is 12.3. The number of aliphatic hydroxyl groups is 1. The largest absolute Gasteiger partial charge is 0.469 e. The number of aliphatic hydroxyl groups excluding tert-OH is 1. The molecule has 0 spiro atoms. The molecule has 1 aromatic rings. The van der Waals surface area contributed by atoms with Crippen LogP contribution < -0.4 is 0 Å². The van der Waals surface area contributed by atoms with Crippen molar-refractivity contribution in [1.82, 2.24) is 4.31 Å². The molecule has 0 saturated heterocycles.